The summed E-state index contributed by atoms with van der Waals surface area (Å²) in [4.78, 5) is 22.1. The molecule has 0 aliphatic heterocycles. The molecular formula is C17H17N3O2S. The molecule has 0 radical (unpaired) electrons. The molecule has 4 rings (SSSR count). The van der Waals surface area contributed by atoms with Crippen molar-refractivity contribution in [3.05, 3.63) is 50.9 Å². The molecule has 0 fully saturated rings. The summed E-state index contributed by atoms with van der Waals surface area (Å²) in [6.07, 6.45) is 3.22. The van der Waals surface area contributed by atoms with Gasteiger partial charge in [-0.2, -0.15) is 0 Å². The monoisotopic (exact) mass is 327 g/mol. The van der Waals surface area contributed by atoms with Crippen LogP contribution in [0.5, 0.6) is 5.75 Å². The Morgan fingerprint density at radius 2 is 2.22 bits per heavy atom. The number of nitrogens with zero attached hydrogens (tertiary/aromatic N) is 1. The summed E-state index contributed by atoms with van der Waals surface area (Å²) in [5.41, 5.74) is 2.07. The number of anilines is 1. The minimum absolute atomic E-state index is 0.0220. The van der Waals surface area contributed by atoms with Crippen LogP contribution in [0.3, 0.4) is 0 Å². The van der Waals surface area contributed by atoms with Gasteiger partial charge in [-0.1, -0.05) is 12.1 Å². The SMILES string of the molecule is COc1ccccc1NCc1nc2sc3c(c2c(=O)[nH]1)CCC3. The Morgan fingerprint density at radius 3 is 3.09 bits per heavy atom. The van der Waals surface area contributed by atoms with Crippen LogP contribution < -0.4 is 15.6 Å². The fraction of sp³-hybridized carbons (Fsp3) is 0.294. The Kier molecular flexibility index (Phi) is 3.53. The molecule has 2 aromatic heterocycles. The molecule has 1 aliphatic carbocycles. The van der Waals surface area contributed by atoms with Crippen LogP contribution in [-0.4, -0.2) is 17.1 Å². The molecular weight excluding hydrogens is 310 g/mol. The minimum atomic E-state index is -0.0220. The first-order chi connectivity index (χ1) is 11.3. The summed E-state index contributed by atoms with van der Waals surface area (Å²) >= 11 is 1.66. The molecule has 0 bridgehead atoms. The second kappa shape index (κ2) is 5.70. The van der Waals surface area contributed by atoms with Crippen LogP contribution in [0.25, 0.3) is 10.2 Å². The third kappa shape index (κ3) is 2.49. The van der Waals surface area contributed by atoms with Gasteiger partial charge in [0, 0.05) is 4.88 Å². The molecule has 0 atom stereocenters. The van der Waals surface area contributed by atoms with Crippen molar-refractivity contribution in [2.45, 2.75) is 25.8 Å². The number of hydrogen-bond acceptors (Lipinski definition) is 5. The van der Waals surface area contributed by atoms with Gasteiger partial charge in [0.2, 0.25) is 0 Å². The van der Waals surface area contributed by atoms with Crippen molar-refractivity contribution >= 4 is 27.2 Å². The average molecular weight is 327 g/mol. The fourth-order valence-electron chi connectivity index (χ4n) is 3.10. The number of nitrogens with one attached hydrogen (secondary N) is 2. The lowest BCUT2D eigenvalue weighted by atomic mass is 10.2. The van der Waals surface area contributed by atoms with Gasteiger partial charge in [0.05, 0.1) is 24.7 Å². The van der Waals surface area contributed by atoms with Crippen LogP contribution in [0.15, 0.2) is 29.1 Å². The van der Waals surface area contributed by atoms with E-state index in [4.69, 9.17) is 4.74 Å². The lowest BCUT2D eigenvalue weighted by Crippen LogP contribution is -2.14. The number of benzene rings is 1. The van der Waals surface area contributed by atoms with Crippen LogP contribution in [0.4, 0.5) is 5.69 Å². The normalized spacial score (nSPS) is 13.3. The number of aromatic amines is 1. The van der Waals surface area contributed by atoms with Gasteiger partial charge in [-0.05, 0) is 37.0 Å². The molecule has 0 amide bonds. The number of H-pyrrole nitrogens is 1. The Morgan fingerprint density at radius 1 is 1.35 bits per heavy atom. The third-order valence-corrected chi connectivity index (χ3v) is 5.36. The summed E-state index contributed by atoms with van der Waals surface area (Å²) in [5.74, 6) is 1.42. The van der Waals surface area contributed by atoms with E-state index < -0.39 is 0 Å². The van der Waals surface area contributed by atoms with E-state index in [0.717, 1.165) is 40.9 Å². The number of aryl methyl sites for hydroxylation is 2. The maximum Gasteiger partial charge on any atom is 0.259 e. The molecule has 0 spiro atoms. The molecule has 1 aromatic carbocycles. The molecule has 0 saturated carbocycles. The first-order valence-corrected chi connectivity index (χ1v) is 8.48. The highest BCUT2D eigenvalue weighted by Gasteiger charge is 2.21. The Balaban J connectivity index is 1.64. The predicted molar refractivity (Wildman–Crippen MR) is 92.6 cm³/mol. The van der Waals surface area contributed by atoms with Crippen molar-refractivity contribution in [3.63, 3.8) is 0 Å². The van der Waals surface area contributed by atoms with Crippen molar-refractivity contribution in [1.29, 1.82) is 0 Å². The summed E-state index contributed by atoms with van der Waals surface area (Å²) in [5, 5.41) is 4.06. The highest BCUT2D eigenvalue weighted by Crippen LogP contribution is 2.34. The molecule has 0 saturated heterocycles. The zero-order valence-corrected chi connectivity index (χ0v) is 13.6. The third-order valence-electron chi connectivity index (χ3n) is 4.18. The average Bonchev–Trinajstić information content (AvgIpc) is 3.13. The predicted octanol–water partition coefficient (Wildman–Crippen LogP) is 3.09. The highest BCUT2D eigenvalue weighted by atomic mass is 32.1. The molecule has 6 heteroatoms. The molecule has 118 valence electrons. The second-order valence-corrected chi connectivity index (χ2v) is 6.69. The van der Waals surface area contributed by atoms with Gasteiger partial charge >= 0.3 is 0 Å². The van der Waals surface area contributed by atoms with Crippen molar-refractivity contribution in [1.82, 2.24) is 9.97 Å². The quantitative estimate of drug-likeness (QED) is 0.773. The number of para-hydroxylation sites is 2. The largest absolute Gasteiger partial charge is 0.495 e. The summed E-state index contributed by atoms with van der Waals surface area (Å²) in [7, 11) is 1.64. The zero-order chi connectivity index (χ0) is 15.8. The van der Waals surface area contributed by atoms with Gasteiger partial charge < -0.3 is 15.0 Å². The van der Waals surface area contributed by atoms with E-state index in [0.29, 0.717) is 12.4 Å². The molecule has 1 aliphatic rings. The maximum absolute atomic E-state index is 12.4. The Hall–Kier alpha value is -2.34. The van der Waals surface area contributed by atoms with Crippen molar-refractivity contribution in [3.8, 4) is 5.75 Å². The van der Waals surface area contributed by atoms with Crippen LogP contribution in [0.2, 0.25) is 0 Å². The van der Waals surface area contributed by atoms with E-state index >= 15 is 0 Å². The smallest absolute Gasteiger partial charge is 0.259 e. The number of fused-ring (bicyclic) bond motifs is 3. The summed E-state index contributed by atoms with van der Waals surface area (Å²) in [6.45, 7) is 0.453. The Labute approximate surface area is 137 Å². The Bertz CT molecular complexity index is 929. The molecule has 2 heterocycles. The van der Waals surface area contributed by atoms with Gasteiger partial charge in [0.25, 0.3) is 5.56 Å². The number of ether oxygens (including phenoxy) is 1. The molecule has 23 heavy (non-hydrogen) atoms. The van der Waals surface area contributed by atoms with Crippen LogP contribution >= 0.6 is 11.3 Å². The topological polar surface area (TPSA) is 67.0 Å². The van der Waals surface area contributed by atoms with Crippen LogP contribution in [0, 0.1) is 0 Å². The second-order valence-electron chi connectivity index (χ2n) is 5.60. The number of aromatic nitrogens is 2. The molecule has 0 unspecified atom stereocenters. The first kappa shape index (κ1) is 14.3. The van der Waals surface area contributed by atoms with E-state index in [9.17, 15) is 4.79 Å². The van der Waals surface area contributed by atoms with Gasteiger partial charge in [-0.3, -0.25) is 4.79 Å². The number of hydrogen-bond donors (Lipinski definition) is 2. The zero-order valence-electron chi connectivity index (χ0n) is 12.8. The number of methoxy groups -OCH3 is 1. The van der Waals surface area contributed by atoms with Crippen molar-refractivity contribution < 1.29 is 4.74 Å². The maximum atomic E-state index is 12.4. The van der Waals surface area contributed by atoms with Crippen molar-refractivity contribution in [2.24, 2.45) is 0 Å². The van der Waals surface area contributed by atoms with Crippen LogP contribution in [0.1, 0.15) is 22.7 Å². The summed E-state index contributed by atoms with van der Waals surface area (Å²) < 4.78 is 5.32. The standard InChI is InChI=1S/C17H17N3O2S/c1-22-12-7-3-2-6-11(12)18-9-14-19-16(21)15-10-5-4-8-13(10)23-17(15)20-14/h2-3,6-7,18H,4-5,8-9H2,1H3,(H,19,20,21). The van der Waals surface area contributed by atoms with Gasteiger partial charge in [-0.25, -0.2) is 4.98 Å². The molecule has 5 nitrogen and oxygen atoms in total. The van der Waals surface area contributed by atoms with E-state index in [1.54, 1.807) is 18.4 Å². The van der Waals surface area contributed by atoms with E-state index in [1.807, 2.05) is 24.3 Å². The van der Waals surface area contributed by atoms with Crippen LogP contribution in [-0.2, 0) is 19.4 Å². The minimum Gasteiger partial charge on any atom is -0.495 e. The van der Waals surface area contributed by atoms with E-state index in [2.05, 4.69) is 15.3 Å². The lowest BCUT2D eigenvalue weighted by molar-refractivity contribution is 0.416. The number of rotatable bonds is 4. The molecule has 2 N–H and O–H groups in total. The van der Waals surface area contributed by atoms with Crippen molar-refractivity contribution in [2.75, 3.05) is 12.4 Å². The van der Waals surface area contributed by atoms with Gasteiger partial charge in [-0.15, -0.1) is 11.3 Å². The summed E-state index contributed by atoms with van der Waals surface area (Å²) in [6, 6.07) is 7.69. The van der Waals surface area contributed by atoms with E-state index in [-0.39, 0.29) is 5.56 Å². The van der Waals surface area contributed by atoms with Gasteiger partial charge in [0.1, 0.15) is 16.4 Å². The fourth-order valence-corrected chi connectivity index (χ4v) is 4.38. The first-order valence-electron chi connectivity index (χ1n) is 7.66. The van der Waals surface area contributed by atoms with Gasteiger partial charge in [0.15, 0.2) is 0 Å². The number of thiophene rings is 1. The lowest BCUT2D eigenvalue weighted by Gasteiger charge is -2.10. The highest BCUT2D eigenvalue weighted by molar-refractivity contribution is 7.18. The van der Waals surface area contributed by atoms with E-state index in [1.165, 1.54) is 10.4 Å². The molecule has 3 aromatic rings.